The van der Waals surface area contributed by atoms with Crippen molar-refractivity contribution >= 4 is 5.91 Å². The fraction of sp³-hybridized carbons (Fsp3) is 0.667. The summed E-state index contributed by atoms with van der Waals surface area (Å²) in [7, 11) is 1.94. The molecule has 2 aromatic rings. The van der Waals surface area contributed by atoms with Crippen molar-refractivity contribution in [1.82, 2.24) is 24.8 Å². The highest BCUT2D eigenvalue weighted by Gasteiger charge is 2.30. The van der Waals surface area contributed by atoms with E-state index in [-0.39, 0.29) is 17.7 Å². The predicted molar refractivity (Wildman–Crippen MR) is 93.1 cm³/mol. The summed E-state index contributed by atoms with van der Waals surface area (Å²) in [5, 5.41) is 8.49. The van der Waals surface area contributed by atoms with E-state index in [0.29, 0.717) is 12.4 Å². The number of hydrogen-bond donors (Lipinski definition) is 0. The molecule has 136 valence electrons. The summed E-state index contributed by atoms with van der Waals surface area (Å²) in [5.41, 5.74) is 3.33. The van der Waals surface area contributed by atoms with Gasteiger partial charge in [-0.25, -0.2) is 0 Å². The van der Waals surface area contributed by atoms with Gasteiger partial charge in [0.2, 0.25) is 11.8 Å². The maximum absolute atomic E-state index is 12.9. The molecule has 7 nitrogen and oxygen atoms in total. The molecule has 0 N–H and O–H groups in total. The number of aryl methyl sites for hydroxylation is 3. The van der Waals surface area contributed by atoms with E-state index in [1.54, 1.807) is 6.92 Å². The summed E-state index contributed by atoms with van der Waals surface area (Å²) in [6.07, 6.45) is 2.70. The molecule has 3 rings (SSSR count). The number of carbonyl (C=O) groups excluding carboxylic acids is 1. The van der Waals surface area contributed by atoms with Gasteiger partial charge in [0.15, 0.2) is 5.82 Å². The highest BCUT2D eigenvalue weighted by molar-refractivity contribution is 5.79. The Morgan fingerprint density at radius 1 is 1.36 bits per heavy atom. The number of aromatic nitrogens is 4. The van der Waals surface area contributed by atoms with Crippen LogP contribution in [0.25, 0.3) is 0 Å². The lowest BCUT2D eigenvalue weighted by atomic mass is 9.94. The lowest BCUT2D eigenvalue weighted by Crippen LogP contribution is -2.42. The third-order valence-corrected chi connectivity index (χ3v) is 5.23. The van der Waals surface area contributed by atoms with Crippen molar-refractivity contribution in [3.05, 3.63) is 28.7 Å². The van der Waals surface area contributed by atoms with Gasteiger partial charge in [0.05, 0.1) is 5.69 Å². The lowest BCUT2D eigenvalue weighted by molar-refractivity contribution is -0.136. The largest absolute Gasteiger partial charge is 0.342 e. The first-order chi connectivity index (χ1) is 11.9. The molecule has 0 radical (unpaired) electrons. The van der Waals surface area contributed by atoms with Gasteiger partial charge in [-0.15, -0.1) is 0 Å². The molecule has 0 aliphatic carbocycles. The van der Waals surface area contributed by atoms with Crippen LogP contribution in [0.1, 0.15) is 54.3 Å². The topological polar surface area (TPSA) is 77.1 Å². The number of nitrogens with zero attached hydrogens (tertiary/aromatic N) is 5. The van der Waals surface area contributed by atoms with Crippen molar-refractivity contribution in [3.63, 3.8) is 0 Å². The summed E-state index contributed by atoms with van der Waals surface area (Å²) in [6.45, 7) is 9.35. The minimum Gasteiger partial charge on any atom is -0.342 e. The summed E-state index contributed by atoms with van der Waals surface area (Å²) >= 11 is 0. The summed E-state index contributed by atoms with van der Waals surface area (Å²) in [4.78, 5) is 19.3. The van der Waals surface area contributed by atoms with Crippen LogP contribution in [0.4, 0.5) is 0 Å². The minimum absolute atomic E-state index is 0.0626. The number of rotatable bonds is 4. The van der Waals surface area contributed by atoms with Crippen molar-refractivity contribution in [2.45, 2.75) is 52.9 Å². The van der Waals surface area contributed by atoms with Gasteiger partial charge < -0.3 is 9.42 Å². The third kappa shape index (κ3) is 3.60. The molecule has 1 amide bonds. The molecule has 3 heterocycles. The molecule has 0 spiro atoms. The van der Waals surface area contributed by atoms with Crippen molar-refractivity contribution in [2.75, 3.05) is 13.1 Å². The first-order valence-electron chi connectivity index (χ1n) is 8.95. The van der Waals surface area contributed by atoms with Crippen LogP contribution in [0.5, 0.6) is 0 Å². The molecule has 0 bridgehead atoms. The zero-order valence-electron chi connectivity index (χ0n) is 15.7. The minimum atomic E-state index is -0.0626. The number of carbonyl (C=O) groups is 1. The van der Waals surface area contributed by atoms with Gasteiger partial charge in [-0.1, -0.05) is 12.1 Å². The monoisotopic (exact) mass is 345 g/mol. The van der Waals surface area contributed by atoms with Crippen LogP contribution in [-0.2, 0) is 18.3 Å². The first kappa shape index (κ1) is 17.6. The fourth-order valence-corrected chi connectivity index (χ4v) is 3.69. The molecule has 0 unspecified atom stereocenters. The first-order valence-corrected chi connectivity index (χ1v) is 8.95. The van der Waals surface area contributed by atoms with Crippen LogP contribution in [0.2, 0.25) is 0 Å². The Kier molecular flexibility index (Phi) is 4.92. The van der Waals surface area contributed by atoms with Crippen LogP contribution in [0.3, 0.4) is 0 Å². The molecule has 1 fully saturated rings. The van der Waals surface area contributed by atoms with E-state index in [0.717, 1.165) is 43.0 Å². The Labute approximate surface area is 148 Å². The molecular formula is C18H27N5O2. The van der Waals surface area contributed by atoms with Crippen LogP contribution < -0.4 is 0 Å². The van der Waals surface area contributed by atoms with Crippen LogP contribution in [0.15, 0.2) is 4.52 Å². The van der Waals surface area contributed by atoms with Gasteiger partial charge in [0, 0.05) is 44.6 Å². The third-order valence-electron chi connectivity index (χ3n) is 5.23. The molecule has 7 heteroatoms. The van der Waals surface area contributed by atoms with Crippen molar-refractivity contribution in [2.24, 2.45) is 13.0 Å². The Balaban J connectivity index is 1.67. The van der Waals surface area contributed by atoms with Gasteiger partial charge >= 0.3 is 0 Å². The Bertz CT molecular complexity index is 764. The molecule has 0 saturated carbocycles. The number of likely N-dealkylation sites (tertiary alicyclic amines) is 1. The predicted octanol–water partition coefficient (Wildman–Crippen LogP) is 2.31. The molecule has 2 atom stereocenters. The number of piperidine rings is 1. The Morgan fingerprint density at radius 2 is 2.12 bits per heavy atom. The van der Waals surface area contributed by atoms with E-state index < -0.39 is 0 Å². The molecule has 1 aliphatic heterocycles. The van der Waals surface area contributed by atoms with Crippen molar-refractivity contribution in [1.29, 1.82) is 0 Å². The van der Waals surface area contributed by atoms with Gasteiger partial charge in [0.1, 0.15) is 0 Å². The standard InChI is InChI=1S/C18H27N5O2/c1-11(9-16-12(2)20-22(5)13(16)3)18(24)23-8-6-7-15(10-23)17-19-14(4)25-21-17/h11,15H,6-10H2,1-5H3/t11-,15-/m1/s1. The maximum Gasteiger partial charge on any atom is 0.225 e. The summed E-state index contributed by atoms with van der Waals surface area (Å²) < 4.78 is 6.98. The smallest absolute Gasteiger partial charge is 0.225 e. The van der Waals surface area contributed by atoms with E-state index in [1.807, 2.05) is 30.5 Å². The normalized spacial score (nSPS) is 19.2. The van der Waals surface area contributed by atoms with Gasteiger partial charge in [-0.3, -0.25) is 9.48 Å². The Morgan fingerprint density at radius 3 is 2.72 bits per heavy atom. The summed E-state index contributed by atoms with van der Waals surface area (Å²) in [5.74, 6) is 1.61. The molecule has 1 saturated heterocycles. The molecule has 25 heavy (non-hydrogen) atoms. The molecule has 0 aromatic carbocycles. The van der Waals surface area contributed by atoms with Gasteiger partial charge in [-0.05, 0) is 38.7 Å². The fourth-order valence-electron chi connectivity index (χ4n) is 3.69. The van der Waals surface area contributed by atoms with Crippen molar-refractivity contribution < 1.29 is 9.32 Å². The molecule has 1 aliphatic rings. The van der Waals surface area contributed by atoms with Crippen LogP contribution >= 0.6 is 0 Å². The Hall–Kier alpha value is -2.18. The van der Waals surface area contributed by atoms with E-state index in [1.165, 1.54) is 5.56 Å². The quantitative estimate of drug-likeness (QED) is 0.850. The van der Waals surface area contributed by atoms with E-state index in [9.17, 15) is 4.79 Å². The average molecular weight is 345 g/mol. The number of amides is 1. The van der Waals surface area contributed by atoms with Crippen molar-refractivity contribution in [3.8, 4) is 0 Å². The van der Waals surface area contributed by atoms with E-state index in [4.69, 9.17) is 4.52 Å². The van der Waals surface area contributed by atoms with Crippen LogP contribution in [-0.4, -0.2) is 43.8 Å². The zero-order valence-corrected chi connectivity index (χ0v) is 15.7. The van der Waals surface area contributed by atoms with Gasteiger partial charge in [-0.2, -0.15) is 10.1 Å². The van der Waals surface area contributed by atoms with E-state index >= 15 is 0 Å². The second-order valence-electron chi connectivity index (χ2n) is 7.17. The van der Waals surface area contributed by atoms with E-state index in [2.05, 4.69) is 22.2 Å². The SMILES string of the molecule is Cc1nc([C@@H]2CCCN(C(=O)[C@H](C)Cc3c(C)nn(C)c3C)C2)no1. The maximum atomic E-state index is 12.9. The lowest BCUT2D eigenvalue weighted by Gasteiger charge is -2.33. The van der Waals surface area contributed by atoms with Crippen LogP contribution in [0, 0.1) is 26.7 Å². The summed E-state index contributed by atoms with van der Waals surface area (Å²) in [6, 6.07) is 0. The second kappa shape index (κ2) is 6.98. The highest BCUT2D eigenvalue weighted by atomic mass is 16.5. The second-order valence-corrected chi connectivity index (χ2v) is 7.17. The van der Waals surface area contributed by atoms with Gasteiger partial charge in [0.25, 0.3) is 0 Å². The highest BCUT2D eigenvalue weighted by Crippen LogP contribution is 2.27. The molecular weight excluding hydrogens is 318 g/mol. The number of hydrogen-bond acceptors (Lipinski definition) is 5. The zero-order chi connectivity index (χ0) is 18.1. The average Bonchev–Trinajstić information content (AvgIpc) is 3.13. The molecule has 2 aromatic heterocycles.